The molecule has 1 fully saturated rings. The SMILES string of the molecule is CC(C)(C)OC(=O)NC1CCN(C(CN(Cc2ccccc2)[SH](=O)=O)c2ccccc2)CC1. The Hall–Kier alpha value is -2.42. The summed E-state index contributed by atoms with van der Waals surface area (Å²) in [5, 5.41) is 2.97. The Balaban J connectivity index is 1.68. The van der Waals surface area contributed by atoms with Gasteiger partial charge < -0.3 is 10.1 Å². The third kappa shape index (κ3) is 8.14. The molecule has 7 nitrogen and oxygen atoms in total. The molecule has 1 aliphatic rings. The molecule has 1 amide bonds. The molecule has 0 saturated carbocycles. The molecule has 2 aromatic rings. The standard InChI is InChI=1S/C25H35N3O4S/c1-25(2,3)32-24(29)26-22-14-16-27(17-15-22)23(21-12-8-5-9-13-21)19-28(33(30)31)18-20-10-6-4-7-11-20/h4-13,22-23,33H,14-19H2,1-3H3,(H,26,29). The maximum atomic E-state index is 12.1. The van der Waals surface area contributed by atoms with E-state index in [2.05, 4.69) is 10.2 Å². The molecular weight excluding hydrogens is 438 g/mol. The van der Waals surface area contributed by atoms with Crippen LogP contribution in [0.4, 0.5) is 4.79 Å². The van der Waals surface area contributed by atoms with Crippen LogP contribution < -0.4 is 5.32 Å². The number of nitrogens with one attached hydrogen (secondary N) is 1. The second-order valence-electron chi connectivity index (χ2n) is 9.45. The Bertz CT molecular complexity index is 945. The zero-order chi connectivity index (χ0) is 23.8. The van der Waals surface area contributed by atoms with Crippen LogP contribution in [0.25, 0.3) is 0 Å². The van der Waals surface area contributed by atoms with Crippen LogP contribution in [0.1, 0.15) is 50.8 Å². The Kier molecular flexibility index (Phi) is 8.88. The average Bonchev–Trinajstić information content (AvgIpc) is 2.77. The van der Waals surface area contributed by atoms with Crippen molar-refractivity contribution in [1.29, 1.82) is 0 Å². The van der Waals surface area contributed by atoms with E-state index in [1.54, 1.807) is 0 Å². The monoisotopic (exact) mass is 473 g/mol. The van der Waals surface area contributed by atoms with Gasteiger partial charge >= 0.3 is 6.09 Å². The van der Waals surface area contributed by atoms with Crippen LogP contribution in [0.15, 0.2) is 60.7 Å². The van der Waals surface area contributed by atoms with Gasteiger partial charge in [-0.2, -0.15) is 4.31 Å². The van der Waals surface area contributed by atoms with Crippen molar-refractivity contribution in [2.24, 2.45) is 0 Å². The molecular formula is C25H35N3O4S. The predicted molar refractivity (Wildman–Crippen MR) is 130 cm³/mol. The number of carbonyl (C=O) groups excluding carboxylic acids is 1. The fourth-order valence-electron chi connectivity index (χ4n) is 4.12. The molecule has 0 aliphatic carbocycles. The van der Waals surface area contributed by atoms with Crippen molar-refractivity contribution < 1.29 is 17.9 Å². The Morgan fingerprint density at radius 1 is 1.06 bits per heavy atom. The predicted octanol–water partition coefficient (Wildman–Crippen LogP) is 3.75. The fraction of sp³-hybridized carbons (Fsp3) is 0.480. The maximum Gasteiger partial charge on any atom is 0.407 e. The van der Waals surface area contributed by atoms with E-state index in [0.717, 1.165) is 37.1 Å². The first-order valence-corrected chi connectivity index (χ1v) is 12.6. The van der Waals surface area contributed by atoms with Crippen molar-refractivity contribution in [3.63, 3.8) is 0 Å². The number of thiol groups is 1. The normalized spacial score (nSPS) is 16.6. The van der Waals surface area contributed by atoms with Crippen LogP contribution in [0.5, 0.6) is 0 Å². The van der Waals surface area contributed by atoms with Gasteiger partial charge in [-0.25, -0.2) is 13.2 Å². The summed E-state index contributed by atoms with van der Waals surface area (Å²) >= 11 is 0. The molecule has 0 bridgehead atoms. The molecule has 2 aromatic carbocycles. The topological polar surface area (TPSA) is 79.0 Å². The Morgan fingerprint density at radius 2 is 1.64 bits per heavy atom. The highest BCUT2D eigenvalue weighted by Gasteiger charge is 2.29. The lowest BCUT2D eigenvalue weighted by Crippen LogP contribution is -2.48. The molecule has 1 atom stereocenters. The number of hydrogen-bond acceptors (Lipinski definition) is 5. The number of benzene rings is 2. The van der Waals surface area contributed by atoms with E-state index in [4.69, 9.17) is 4.74 Å². The number of likely N-dealkylation sites (tertiary alicyclic amines) is 1. The highest BCUT2D eigenvalue weighted by molar-refractivity contribution is 7.69. The minimum atomic E-state index is -2.73. The summed E-state index contributed by atoms with van der Waals surface area (Å²) < 4.78 is 31.2. The van der Waals surface area contributed by atoms with Crippen LogP contribution in [0.2, 0.25) is 0 Å². The molecule has 1 unspecified atom stereocenters. The first-order chi connectivity index (χ1) is 15.7. The Morgan fingerprint density at radius 3 is 2.18 bits per heavy atom. The minimum absolute atomic E-state index is 0.0454. The van der Waals surface area contributed by atoms with E-state index in [-0.39, 0.29) is 12.1 Å². The van der Waals surface area contributed by atoms with Gasteiger partial charge in [0, 0.05) is 38.3 Å². The Labute approximate surface area is 198 Å². The number of carbonyl (C=O) groups is 1. The zero-order valence-electron chi connectivity index (χ0n) is 19.6. The molecule has 3 rings (SSSR count). The molecule has 33 heavy (non-hydrogen) atoms. The van der Waals surface area contributed by atoms with E-state index in [1.807, 2.05) is 81.4 Å². The van der Waals surface area contributed by atoms with Crippen molar-refractivity contribution in [2.45, 2.75) is 57.8 Å². The molecule has 0 spiro atoms. The van der Waals surface area contributed by atoms with Crippen molar-refractivity contribution in [1.82, 2.24) is 14.5 Å². The summed E-state index contributed by atoms with van der Waals surface area (Å²) in [5.74, 6) is 0. The van der Waals surface area contributed by atoms with E-state index in [1.165, 1.54) is 4.31 Å². The summed E-state index contributed by atoms with van der Waals surface area (Å²) in [6.07, 6.45) is 1.17. The van der Waals surface area contributed by atoms with Gasteiger partial charge in [-0.1, -0.05) is 60.7 Å². The third-order valence-corrected chi connectivity index (χ3v) is 6.46. The minimum Gasteiger partial charge on any atom is -0.444 e. The van der Waals surface area contributed by atoms with Gasteiger partial charge in [0.15, 0.2) is 0 Å². The first-order valence-electron chi connectivity index (χ1n) is 11.4. The quantitative estimate of drug-likeness (QED) is 0.571. The fourth-order valence-corrected chi connectivity index (χ4v) is 4.69. The molecule has 1 aliphatic heterocycles. The summed E-state index contributed by atoms with van der Waals surface area (Å²) in [4.78, 5) is 14.5. The van der Waals surface area contributed by atoms with Crippen LogP contribution in [0, 0.1) is 0 Å². The van der Waals surface area contributed by atoms with Crippen molar-refractivity contribution in [2.75, 3.05) is 19.6 Å². The van der Waals surface area contributed by atoms with Crippen LogP contribution in [0.3, 0.4) is 0 Å². The number of alkyl carbamates (subject to hydrolysis) is 1. The van der Waals surface area contributed by atoms with Gasteiger partial charge in [0.1, 0.15) is 5.60 Å². The third-order valence-electron chi connectivity index (χ3n) is 5.70. The lowest BCUT2D eigenvalue weighted by Gasteiger charge is -2.39. The van der Waals surface area contributed by atoms with Crippen molar-refractivity contribution in [3.8, 4) is 0 Å². The summed E-state index contributed by atoms with van der Waals surface area (Å²) in [6.45, 7) is 7.79. The smallest absolute Gasteiger partial charge is 0.407 e. The molecule has 1 saturated heterocycles. The summed E-state index contributed by atoms with van der Waals surface area (Å²) in [6, 6.07) is 19.7. The molecule has 0 aromatic heterocycles. The van der Waals surface area contributed by atoms with Gasteiger partial charge in [-0.15, -0.1) is 0 Å². The average molecular weight is 474 g/mol. The second kappa shape index (κ2) is 11.6. The van der Waals surface area contributed by atoms with E-state index in [9.17, 15) is 13.2 Å². The maximum absolute atomic E-state index is 12.1. The number of hydrogen-bond donors (Lipinski definition) is 2. The van der Waals surface area contributed by atoms with Gasteiger partial charge in [-0.05, 0) is 44.7 Å². The van der Waals surface area contributed by atoms with Crippen LogP contribution in [-0.4, -0.2) is 55.0 Å². The zero-order valence-corrected chi connectivity index (χ0v) is 20.5. The highest BCUT2D eigenvalue weighted by Crippen LogP contribution is 2.27. The molecule has 0 radical (unpaired) electrons. The van der Waals surface area contributed by atoms with Crippen LogP contribution >= 0.6 is 0 Å². The van der Waals surface area contributed by atoms with Crippen molar-refractivity contribution in [3.05, 3.63) is 71.8 Å². The molecule has 1 N–H and O–H groups in total. The number of rotatable bonds is 8. The molecule has 1 heterocycles. The number of amides is 1. The lowest BCUT2D eigenvalue weighted by atomic mass is 9.99. The second-order valence-corrected chi connectivity index (χ2v) is 10.5. The van der Waals surface area contributed by atoms with E-state index < -0.39 is 22.6 Å². The molecule has 180 valence electrons. The van der Waals surface area contributed by atoms with E-state index in [0.29, 0.717) is 13.1 Å². The number of piperidine rings is 1. The van der Waals surface area contributed by atoms with Crippen molar-refractivity contribution >= 4 is 17.0 Å². The van der Waals surface area contributed by atoms with Gasteiger partial charge in [0.25, 0.3) is 0 Å². The van der Waals surface area contributed by atoms with E-state index >= 15 is 0 Å². The summed E-state index contributed by atoms with van der Waals surface area (Å²) in [7, 11) is -2.73. The largest absolute Gasteiger partial charge is 0.444 e. The number of ether oxygens (including phenoxy) is 1. The lowest BCUT2D eigenvalue weighted by molar-refractivity contribution is 0.0463. The van der Waals surface area contributed by atoms with Gasteiger partial charge in [-0.3, -0.25) is 4.90 Å². The van der Waals surface area contributed by atoms with Gasteiger partial charge in [0.05, 0.1) is 0 Å². The molecule has 8 heteroatoms. The number of nitrogens with zero attached hydrogens (tertiary/aromatic N) is 2. The van der Waals surface area contributed by atoms with Crippen LogP contribution in [-0.2, 0) is 22.2 Å². The first kappa shape index (κ1) is 25.2. The summed E-state index contributed by atoms with van der Waals surface area (Å²) in [5.41, 5.74) is 1.52. The highest BCUT2D eigenvalue weighted by atomic mass is 32.2. The van der Waals surface area contributed by atoms with Gasteiger partial charge in [0.2, 0.25) is 10.9 Å².